The number of piperazine rings is 1. The zero-order valence-electron chi connectivity index (χ0n) is 20.4. The van der Waals surface area contributed by atoms with E-state index in [9.17, 15) is 4.79 Å². The molecule has 0 aliphatic carbocycles. The van der Waals surface area contributed by atoms with E-state index in [1.807, 2.05) is 49.4 Å². The monoisotopic (exact) mass is 463 g/mol. The number of methoxy groups -OCH3 is 2. The third-order valence-electron chi connectivity index (χ3n) is 6.40. The molecule has 2 heterocycles. The number of likely N-dealkylation sites (N-methyl/N-ethyl adjacent to an activating group) is 1. The summed E-state index contributed by atoms with van der Waals surface area (Å²) in [7, 11) is 3.22. The highest BCUT2D eigenvalue weighted by atomic mass is 16.5. The zero-order valence-corrected chi connectivity index (χ0v) is 20.4. The van der Waals surface area contributed by atoms with E-state index in [1.54, 1.807) is 14.2 Å². The van der Waals surface area contributed by atoms with E-state index in [-0.39, 0.29) is 11.8 Å². The quantitative estimate of drug-likeness (QED) is 0.711. The van der Waals surface area contributed by atoms with Crippen molar-refractivity contribution < 1.29 is 14.3 Å². The average Bonchev–Trinajstić information content (AvgIpc) is 2.99. The number of fused-ring (bicyclic) bond motifs is 1. The minimum atomic E-state index is -0.326. The van der Waals surface area contributed by atoms with Crippen LogP contribution in [-0.2, 0) is 4.79 Å². The number of amides is 1. The number of carbonyl (C=O) groups excluding carboxylic acids is 1. The van der Waals surface area contributed by atoms with Gasteiger partial charge in [0.1, 0.15) is 5.84 Å². The van der Waals surface area contributed by atoms with Crippen molar-refractivity contribution in [2.75, 3.05) is 53.5 Å². The van der Waals surface area contributed by atoms with Crippen molar-refractivity contribution in [3.8, 4) is 11.5 Å². The van der Waals surface area contributed by atoms with Crippen molar-refractivity contribution in [1.29, 1.82) is 0 Å². The molecule has 0 saturated carbocycles. The minimum absolute atomic E-state index is 0.0682. The molecule has 2 aromatic carbocycles. The lowest BCUT2D eigenvalue weighted by atomic mass is 9.92. The molecule has 2 aliphatic rings. The molecule has 0 unspecified atom stereocenters. The fourth-order valence-electron chi connectivity index (χ4n) is 4.48. The van der Waals surface area contributed by atoms with Gasteiger partial charge in [-0.2, -0.15) is 0 Å². The molecule has 8 nitrogen and oxygen atoms in total. The predicted octanol–water partition coefficient (Wildman–Crippen LogP) is 3.38. The summed E-state index contributed by atoms with van der Waals surface area (Å²) in [5.74, 6) is 1.44. The number of aliphatic imine (C=N–C) groups is 2. The molecule has 1 amide bonds. The molecule has 2 aromatic rings. The first-order chi connectivity index (χ1) is 16.5. The highest BCUT2D eigenvalue weighted by Crippen LogP contribution is 2.36. The fourth-order valence-corrected chi connectivity index (χ4v) is 4.48. The summed E-state index contributed by atoms with van der Waals surface area (Å²) >= 11 is 0. The number of amidine groups is 1. The standard InChI is InChI=1S/C26H33N5O3/c1-5-30-12-14-31(15-13-30)17-24(32)29-26-25(19-10-11-22(33-3)23(16-19)34-4)18(2)27-20-8-6-7-9-21(20)28-26/h6-11,16,25H,5,12-15,17H2,1-4H3,(H,28,29,32)/t25-/m1/s1. The third kappa shape index (κ3) is 5.29. The second-order valence-corrected chi connectivity index (χ2v) is 8.54. The Labute approximate surface area is 201 Å². The highest BCUT2D eigenvalue weighted by Gasteiger charge is 2.28. The van der Waals surface area contributed by atoms with Crippen LogP contribution in [0.2, 0.25) is 0 Å². The topological polar surface area (TPSA) is 78.8 Å². The Balaban J connectivity index is 1.63. The van der Waals surface area contributed by atoms with E-state index < -0.39 is 0 Å². The number of ether oxygens (including phenoxy) is 2. The van der Waals surface area contributed by atoms with Gasteiger partial charge in [-0.3, -0.25) is 14.7 Å². The van der Waals surface area contributed by atoms with Gasteiger partial charge < -0.3 is 19.7 Å². The van der Waals surface area contributed by atoms with Crippen LogP contribution in [0.15, 0.2) is 52.4 Å². The van der Waals surface area contributed by atoms with Gasteiger partial charge in [-0.05, 0) is 43.3 Å². The summed E-state index contributed by atoms with van der Waals surface area (Å²) in [4.78, 5) is 27.4. The smallest absolute Gasteiger partial charge is 0.239 e. The molecule has 2 aliphatic heterocycles. The molecule has 180 valence electrons. The molecule has 0 spiro atoms. The van der Waals surface area contributed by atoms with Crippen molar-refractivity contribution in [2.45, 2.75) is 19.8 Å². The second kappa shape index (κ2) is 10.8. The van der Waals surface area contributed by atoms with Crippen LogP contribution >= 0.6 is 0 Å². The van der Waals surface area contributed by atoms with Gasteiger partial charge in [0.15, 0.2) is 11.5 Å². The first kappa shape index (κ1) is 23.9. The molecule has 34 heavy (non-hydrogen) atoms. The van der Waals surface area contributed by atoms with Crippen molar-refractivity contribution in [1.82, 2.24) is 15.1 Å². The highest BCUT2D eigenvalue weighted by molar-refractivity contribution is 6.17. The summed E-state index contributed by atoms with van der Waals surface area (Å²) in [6.07, 6.45) is 0. The van der Waals surface area contributed by atoms with Crippen molar-refractivity contribution in [2.24, 2.45) is 9.98 Å². The number of carbonyl (C=O) groups is 1. The van der Waals surface area contributed by atoms with Crippen LogP contribution in [0.1, 0.15) is 25.3 Å². The van der Waals surface area contributed by atoms with E-state index in [4.69, 9.17) is 19.5 Å². The summed E-state index contributed by atoms with van der Waals surface area (Å²) in [5, 5.41) is 3.12. The van der Waals surface area contributed by atoms with Gasteiger partial charge >= 0.3 is 0 Å². The number of hydrogen-bond acceptors (Lipinski definition) is 7. The van der Waals surface area contributed by atoms with Gasteiger partial charge in [0.25, 0.3) is 0 Å². The lowest BCUT2D eigenvalue weighted by Gasteiger charge is -2.33. The maximum Gasteiger partial charge on any atom is 0.239 e. The molecule has 1 N–H and O–H groups in total. The third-order valence-corrected chi connectivity index (χ3v) is 6.40. The lowest BCUT2D eigenvalue weighted by Crippen LogP contribution is -2.50. The molecule has 0 bridgehead atoms. The lowest BCUT2D eigenvalue weighted by molar-refractivity contribution is -0.121. The number of para-hydroxylation sites is 2. The SMILES string of the molecule is CCN1CCN(CC(=O)NC2=Nc3ccccc3N=C(C)[C@@H]2c2ccc(OC)c(OC)c2)CC1. The van der Waals surface area contributed by atoms with E-state index in [0.29, 0.717) is 23.9 Å². The first-order valence-corrected chi connectivity index (χ1v) is 11.7. The average molecular weight is 464 g/mol. The molecule has 0 radical (unpaired) electrons. The maximum atomic E-state index is 13.1. The van der Waals surface area contributed by atoms with Gasteiger partial charge in [-0.1, -0.05) is 25.1 Å². The largest absolute Gasteiger partial charge is 0.493 e. The van der Waals surface area contributed by atoms with Gasteiger partial charge in [0.2, 0.25) is 5.91 Å². The Hall–Kier alpha value is -3.23. The number of nitrogens with zero attached hydrogens (tertiary/aromatic N) is 4. The minimum Gasteiger partial charge on any atom is -0.493 e. The molecular weight excluding hydrogens is 430 g/mol. The first-order valence-electron chi connectivity index (χ1n) is 11.7. The van der Waals surface area contributed by atoms with Gasteiger partial charge in [-0.25, -0.2) is 4.99 Å². The van der Waals surface area contributed by atoms with Crippen LogP contribution in [0.5, 0.6) is 11.5 Å². The summed E-state index contributed by atoms with van der Waals surface area (Å²) < 4.78 is 10.9. The van der Waals surface area contributed by atoms with E-state index >= 15 is 0 Å². The number of hydrogen-bond donors (Lipinski definition) is 1. The zero-order chi connectivity index (χ0) is 24.1. The maximum absolute atomic E-state index is 13.1. The van der Waals surface area contributed by atoms with Crippen molar-refractivity contribution in [3.63, 3.8) is 0 Å². The summed E-state index contributed by atoms with van der Waals surface area (Å²) in [5.41, 5.74) is 3.28. The Morgan fingerprint density at radius 1 is 0.971 bits per heavy atom. The molecule has 1 atom stereocenters. The Morgan fingerprint density at radius 3 is 2.26 bits per heavy atom. The van der Waals surface area contributed by atoms with Gasteiger partial charge in [0.05, 0.1) is 38.1 Å². The van der Waals surface area contributed by atoms with Gasteiger partial charge in [0, 0.05) is 31.9 Å². The fraction of sp³-hybridized carbons (Fsp3) is 0.423. The second-order valence-electron chi connectivity index (χ2n) is 8.54. The number of rotatable bonds is 6. The molecular formula is C26H33N5O3. The Morgan fingerprint density at radius 2 is 1.62 bits per heavy atom. The molecule has 8 heteroatoms. The molecule has 4 rings (SSSR count). The summed E-state index contributed by atoms with van der Waals surface area (Å²) in [6.45, 7) is 9.26. The number of nitrogens with one attached hydrogen (secondary N) is 1. The van der Waals surface area contributed by atoms with Crippen molar-refractivity contribution >= 4 is 28.8 Å². The van der Waals surface area contributed by atoms with Crippen molar-refractivity contribution in [3.05, 3.63) is 48.0 Å². The van der Waals surface area contributed by atoms with Crippen LogP contribution in [0.25, 0.3) is 0 Å². The normalized spacial score (nSPS) is 18.9. The van der Waals surface area contributed by atoms with E-state index in [1.165, 1.54) is 0 Å². The van der Waals surface area contributed by atoms with E-state index in [0.717, 1.165) is 55.4 Å². The van der Waals surface area contributed by atoms with Crippen LogP contribution in [0.3, 0.4) is 0 Å². The Kier molecular flexibility index (Phi) is 7.59. The van der Waals surface area contributed by atoms with Crippen LogP contribution < -0.4 is 14.8 Å². The van der Waals surface area contributed by atoms with E-state index in [2.05, 4.69) is 22.0 Å². The molecule has 0 aromatic heterocycles. The molecule has 1 saturated heterocycles. The number of benzene rings is 2. The van der Waals surface area contributed by atoms with Crippen LogP contribution in [-0.4, -0.2) is 80.7 Å². The molecule has 1 fully saturated rings. The Bertz CT molecular complexity index is 1090. The van der Waals surface area contributed by atoms with Crippen LogP contribution in [0.4, 0.5) is 11.4 Å². The predicted molar refractivity (Wildman–Crippen MR) is 135 cm³/mol. The van der Waals surface area contributed by atoms with Gasteiger partial charge in [-0.15, -0.1) is 0 Å². The van der Waals surface area contributed by atoms with Crippen LogP contribution in [0, 0.1) is 0 Å². The summed E-state index contributed by atoms with van der Waals surface area (Å²) in [6, 6.07) is 13.5.